The van der Waals surface area contributed by atoms with Crippen LogP contribution in [0.3, 0.4) is 0 Å². The zero-order chi connectivity index (χ0) is 25.3. The van der Waals surface area contributed by atoms with Gasteiger partial charge in [-0.2, -0.15) is 0 Å². The third-order valence-corrected chi connectivity index (χ3v) is 6.59. The molecule has 4 rings (SSSR count). The van der Waals surface area contributed by atoms with Crippen molar-refractivity contribution in [2.75, 3.05) is 19.8 Å². The SMILES string of the molecule is CCNC(=O)[C@@H](Cc1ccccc1)N(Cc1cccc(Br)c1)C(=O)CCc1ccc2c(c1)OCCO2. The molecule has 1 aliphatic heterocycles. The lowest BCUT2D eigenvalue weighted by Crippen LogP contribution is -2.50. The maximum Gasteiger partial charge on any atom is 0.243 e. The molecule has 0 aliphatic carbocycles. The number of carbonyl (C=O) groups excluding carboxylic acids is 2. The predicted octanol–water partition coefficient (Wildman–Crippen LogP) is 4.93. The van der Waals surface area contributed by atoms with Gasteiger partial charge in [-0.25, -0.2) is 0 Å². The van der Waals surface area contributed by atoms with E-state index >= 15 is 0 Å². The average molecular weight is 551 g/mol. The van der Waals surface area contributed by atoms with Crippen molar-refractivity contribution in [2.24, 2.45) is 0 Å². The van der Waals surface area contributed by atoms with Crippen LogP contribution in [0.2, 0.25) is 0 Å². The van der Waals surface area contributed by atoms with Gasteiger partial charge >= 0.3 is 0 Å². The van der Waals surface area contributed by atoms with Crippen molar-refractivity contribution in [1.29, 1.82) is 0 Å². The molecule has 0 aromatic heterocycles. The van der Waals surface area contributed by atoms with Crippen LogP contribution in [0.15, 0.2) is 77.3 Å². The van der Waals surface area contributed by atoms with Crippen molar-refractivity contribution in [3.05, 3.63) is 94.0 Å². The number of halogens is 1. The first-order valence-electron chi connectivity index (χ1n) is 12.3. The van der Waals surface area contributed by atoms with E-state index in [0.717, 1.165) is 26.9 Å². The van der Waals surface area contributed by atoms with E-state index in [9.17, 15) is 9.59 Å². The van der Waals surface area contributed by atoms with Gasteiger partial charge in [-0.15, -0.1) is 0 Å². The third-order valence-electron chi connectivity index (χ3n) is 6.10. The number of nitrogens with zero attached hydrogens (tertiary/aromatic N) is 1. The summed E-state index contributed by atoms with van der Waals surface area (Å²) in [5, 5.41) is 2.93. The van der Waals surface area contributed by atoms with E-state index < -0.39 is 6.04 Å². The largest absolute Gasteiger partial charge is 0.486 e. The molecule has 6 nitrogen and oxygen atoms in total. The number of nitrogens with one attached hydrogen (secondary N) is 1. The van der Waals surface area contributed by atoms with Gasteiger partial charge in [0.25, 0.3) is 0 Å². The summed E-state index contributed by atoms with van der Waals surface area (Å²) in [7, 11) is 0. The average Bonchev–Trinajstić information content (AvgIpc) is 2.90. The second-order valence-corrected chi connectivity index (χ2v) is 9.65. The van der Waals surface area contributed by atoms with E-state index in [1.165, 1.54) is 0 Å². The van der Waals surface area contributed by atoms with E-state index in [0.29, 0.717) is 44.9 Å². The molecule has 2 amide bonds. The minimum Gasteiger partial charge on any atom is -0.486 e. The number of rotatable bonds is 10. The molecule has 0 unspecified atom stereocenters. The number of aryl methyl sites for hydroxylation is 1. The Balaban J connectivity index is 1.58. The molecule has 3 aromatic rings. The van der Waals surface area contributed by atoms with Crippen LogP contribution >= 0.6 is 15.9 Å². The lowest BCUT2D eigenvalue weighted by atomic mass is 10.0. The van der Waals surface area contributed by atoms with Crippen molar-refractivity contribution in [2.45, 2.75) is 38.8 Å². The van der Waals surface area contributed by atoms with Crippen LogP contribution in [0.25, 0.3) is 0 Å². The number of likely N-dealkylation sites (N-methyl/N-ethyl adjacent to an activating group) is 1. The van der Waals surface area contributed by atoms with Gasteiger partial charge in [0.05, 0.1) is 0 Å². The Hall–Kier alpha value is -3.32. The maximum atomic E-state index is 13.7. The summed E-state index contributed by atoms with van der Waals surface area (Å²) in [5.74, 6) is 1.22. The van der Waals surface area contributed by atoms with Crippen molar-refractivity contribution in [1.82, 2.24) is 10.2 Å². The van der Waals surface area contributed by atoms with Crippen molar-refractivity contribution in [3.63, 3.8) is 0 Å². The zero-order valence-corrected chi connectivity index (χ0v) is 22.0. The smallest absolute Gasteiger partial charge is 0.243 e. The number of amides is 2. The highest BCUT2D eigenvalue weighted by Gasteiger charge is 2.30. The Morgan fingerprint density at radius 2 is 1.67 bits per heavy atom. The first-order chi connectivity index (χ1) is 17.5. The van der Waals surface area contributed by atoms with E-state index in [1.807, 2.05) is 79.7 Å². The van der Waals surface area contributed by atoms with Gasteiger partial charge in [-0.3, -0.25) is 9.59 Å². The van der Waals surface area contributed by atoms with Crippen molar-refractivity contribution < 1.29 is 19.1 Å². The molecule has 0 saturated heterocycles. The predicted molar refractivity (Wildman–Crippen MR) is 143 cm³/mol. The Morgan fingerprint density at radius 1 is 0.917 bits per heavy atom. The molecule has 0 saturated carbocycles. The highest BCUT2D eigenvalue weighted by atomic mass is 79.9. The van der Waals surface area contributed by atoms with Gasteiger partial charge in [0, 0.05) is 30.4 Å². The van der Waals surface area contributed by atoms with Gasteiger partial charge in [0.2, 0.25) is 11.8 Å². The number of fused-ring (bicyclic) bond motifs is 1. The van der Waals surface area contributed by atoms with Crippen LogP contribution in [0.5, 0.6) is 11.5 Å². The Labute approximate surface area is 220 Å². The fourth-order valence-electron chi connectivity index (χ4n) is 4.32. The van der Waals surface area contributed by atoms with Crippen molar-refractivity contribution >= 4 is 27.7 Å². The fraction of sp³-hybridized carbons (Fsp3) is 0.310. The number of carbonyl (C=O) groups is 2. The summed E-state index contributed by atoms with van der Waals surface area (Å²) in [6.45, 7) is 3.79. The topological polar surface area (TPSA) is 67.9 Å². The highest BCUT2D eigenvalue weighted by Crippen LogP contribution is 2.31. The normalized spacial score (nSPS) is 13.1. The lowest BCUT2D eigenvalue weighted by molar-refractivity contribution is -0.141. The van der Waals surface area contributed by atoms with Crippen LogP contribution in [0.4, 0.5) is 0 Å². The fourth-order valence-corrected chi connectivity index (χ4v) is 4.76. The third kappa shape index (κ3) is 6.88. The second-order valence-electron chi connectivity index (χ2n) is 8.73. The summed E-state index contributed by atoms with van der Waals surface area (Å²) in [6, 6.07) is 22.8. The van der Waals surface area contributed by atoms with Crippen LogP contribution < -0.4 is 14.8 Å². The standard InChI is InChI=1S/C29H31BrN2O4/c1-2-31-29(34)25(18-21-7-4-3-5-8-21)32(20-23-9-6-10-24(30)17-23)28(33)14-12-22-11-13-26-27(19-22)36-16-15-35-26/h3-11,13,17,19,25H,2,12,14-16,18,20H2,1H3,(H,31,34)/t25-/m1/s1. The first kappa shape index (κ1) is 25.8. The van der Waals surface area contributed by atoms with Crippen LogP contribution in [0, 0.1) is 0 Å². The molecule has 0 radical (unpaired) electrons. The number of hydrogen-bond acceptors (Lipinski definition) is 4. The van der Waals surface area contributed by atoms with E-state index in [4.69, 9.17) is 9.47 Å². The molecule has 1 aliphatic rings. The molecule has 3 aromatic carbocycles. The molecule has 0 spiro atoms. The molecule has 36 heavy (non-hydrogen) atoms. The minimum absolute atomic E-state index is 0.0722. The molecule has 188 valence electrons. The summed E-state index contributed by atoms with van der Waals surface area (Å²) >= 11 is 3.52. The molecular formula is C29H31BrN2O4. The Morgan fingerprint density at radius 3 is 2.42 bits per heavy atom. The van der Waals surface area contributed by atoms with Gasteiger partial charge in [0.1, 0.15) is 19.3 Å². The Kier molecular flexibility index (Phi) is 9.01. The first-order valence-corrected chi connectivity index (χ1v) is 13.1. The Bertz CT molecular complexity index is 1180. The van der Waals surface area contributed by atoms with Gasteiger partial charge in [-0.05, 0) is 54.3 Å². The quantitative estimate of drug-likeness (QED) is 0.388. The number of ether oxygens (including phenoxy) is 2. The molecule has 1 atom stereocenters. The summed E-state index contributed by atoms with van der Waals surface area (Å²) in [6.07, 6.45) is 1.26. The molecular weight excluding hydrogens is 520 g/mol. The number of hydrogen-bond donors (Lipinski definition) is 1. The van der Waals surface area contributed by atoms with Gasteiger partial charge < -0.3 is 19.7 Å². The summed E-state index contributed by atoms with van der Waals surface area (Å²) in [4.78, 5) is 28.7. The van der Waals surface area contributed by atoms with E-state index in [1.54, 1.807) is 4.90 Å². The maximum absolute atomic E-state index is 13.7. The monoisotopic (exact) mass is 550 g/mol. The van der Waals surface area contributed by atoms with Gasteiger partial charge in [0.15, 0.2) is 11.5 Å². The van der Waals surface area contributed by atoms with E-state index in [-0.39, 0.29) is 18.2 Å². The molecule has 7 heteroatoms. The minimum atomic E-state index is -0.626. The summed E-state index contributed by atoms with van der Waals surface area (Å²) in [5.41, 5.74) is 2.96. The molecule has 1 heterocycles. The van der Waals surface area contributed by atoms with Crippen LogP contribution in [-0.4, -0.2) is 42.5 Å². The van der Waals surface area contributed by atoms with Crippen LogP contribution in [-0.2, 0) is 29.0 Å². The lowest BCUT2D eigenvalue weighted by Gasteiger charge is -2.31. The number of benzene rings is 3. The van der Waals surface area contributed by atoms with Crippen molar-refractivity contribution in [3.8, 4) is 11.5 Å². The second kappa shape index (κ2) is 12.6. The molecule has 0 fully saturated rings. The zero-order valence-electron chi connectivity index (χ0n) is 20.4. The molecule has 1 N–H and O–H groups in total. The summed E-state index contributed by atoms with van der Waals surface area (Å²) < 4.78 is 12.2. The van der Waals surface area contributed by atoms with E-state index in [2.05, 4.69) is 21.2 Å². The highest BCUT2D eigenvalue weighted by molar-refractivity contribution is 9.10. The molecule has 0 bridgehead atoms. The van der Waals surface area contributed by atoms with Crippen LogP contribution in [0.1, 0.15) is 30.0 Å². The van der Waals surface area contributed by atoms with Gasteiger partial charge in [-0.1, -0.05) is 64.5 Å².